The molecule has 7 nitrogen and oxygen atoms in total. The van der Waals surface area contributed by atoms with E-state index in [1.54, 1.807) is 6.07 Å². The second-order valence-electron chi connectivity index (χ2n) is 5.56. The summed E-state index contributed by atoms with van der Waals surface area (Å²) >= 11 is 0. The molecule has 3 rings (SSSR count). The average molecular weight is 275 g/mol. The van der Waals surface area contributed by atoms with Crippen molar-refractivity contribution in [1.29, 1.82) is 0 Å². The number of fused-ring (bicyclic) bond motifs is 1. The number of hydrogen-bond donors (Lipinski definition) is 3. The van der Waals surface area contributed by atoms with Gasteiger partial charge in [-0.1, -0.05) is 0 Å². The largest absolute Gasteiger partial charge is 0.349 e. The van der Waals surface area contributed by atoms with Crippen molar-refractivity contribution in [3.05, 3.63) is 28.3 Å². The topological polar surface area (TPSA) is 110 Å². The number of rotatable bonds is 5. The third kappa shape index (κ3) is 2.20. The van der Waals surface area contributed by atoms with E-state index in [9.17, 15) is 10.1 Å². The monoisotopic (exact) mass is 275 g/mol. The zero-order valence-electron chi connectivity index (χ0n) is 11.2. The molecule has 1 aliphatic rings. The van der Waals surface area contributed by atoms with E-state index < -0.39 is 4.92 Å². The normalized spacial score (nSPS) is 17.9. The Balaban J connectivity index is 1.90. The molecule has 4 N–H and O–H groups in total. The van der Waals surface area contributed by atoms with Gasteiger partial charge in [0, 0.05) is 18.7 Å². The van der Waals surface area contributed by atoms with E-state index >= 15 is 0 Å². The molecule has 1 aliphatic carbocycles. The summed E-state index contributed by atoms with van der Waals surface area (Å²) in [5.74, 6) is 1.18. The Bertz CT molecular complexity index is 664. The predicted octanol–water partition coefficient (Wildman–Crippen LogP) is 2.01. The Morgan fingerprint density at radius 2 is 2.35 bits per heavy atom. The van der Waals surface area contributed by atoms with E-state index in [0.717, 1.165) is 0 Å². The van der Waals surface area contributed by atoms with Gasteiger partial charge >= 0.3 is 0 Å². The first kappa shape index (κ1) is 12.9. The number of hydrogen-bond acceptors (Lipinski definition) is 5. The van der Waals surface area contributed by atoms with Crippen molar-refractivity contribution < 1.29 is 4.92 Å². The zero-order chi connectivity index (χ0) is 14.3. The van der Waals surface area contributed by atoms with Crippen LogP contribution in [0.2, 0.25) is 0 Å². The fourth-order valence-corrected chi connectivity index (χ4v) is 2.48. The molecule has 1 fully saturated rings. The van der Waals surface area contributed by atoms with Gasteiger partial charge in [-0.3, -0.25) is 10.1 Å². The van der Waals surface area contributed by atoms with E-state index in [4.69, 9.17) is 5.73 Å². The minimum atomic E-state index is -0.415. The molecule has 1 saturated carbocycles. The Morgan fingerprint density at radius 1 is 1.60 bits per heavy atom. The number of H-pyrrole nitrogens is 1. The number of non-ortho nitro benzene ring substituents is 1. The van der Waals surface area contributed by atoms with Crippen LogP contribution in [-0.4, -0.2) is 27.0 Å². The lowest BCUT2D eigenvalue weighted by atomic mass is 9.96. The van der Waals surface area contributed by atoms with Gasteiger partial charge in [0.2, 0.25) is 5.95 Å². The number of nitrogens with two attached hydrogens (primary N) is 1. The highest BCUT2D eigenvalue weighted by Crippen LogP contribution is 2.40. The molecule has 1 atom stereocenters. The maximum absolute atomic E-state index is 10.8. The summed E-state index contributed by atoms with van der Waals surface area (Å²) in [6.07, 6.45) is 2.35. The Labute approximate surface area is 115 Å². The van der Waals surface area contributed by atoms with Crippen molar-refractivity contribution in [2.45, 2.75) is 25.3 Å². The number of nitro benzene ring substituents is 1. The lowest BCUT2D eigenvalue weighted by molar-refractivity contribution is -0.384. The van der Waals surface area contributed by atoms with Crippen LogP contribution in [0.15, 0.2) is 18.2 Å². The Hall–Kier alpha value is -2.15. The fraction of sp³-hybridized carbons (Fsp3) is 0.462. The molecule has 0 spiro atoms. The average Bonchev–Trinajstić information content (AvgIpc) is 3.19. The van der Waals surface area contributed by atoms with Gasteiger partial charge < -0.3 is 16.0 Å². The number of nitrogens with zero attached hydrogens (tertiary/aromatic N) is 2. The molecule has 0 aliphatic heterocycles. The minimum Gasteiger partial charge on any atom is -0.349 e. The fourth-order valence-electron chi connectivity index (χ4n) is 2.48. The predicted molar refractivity (Wildman–Crippen MR) is 76.6 cm³/mol. The molecular formula is C13H17N5O2. The smallest absolute Gasteiger partial charge is 0.271 e. The molecule has 0 bridgehead atoms. The van der Waals surface area contributed by atoms with Crippen LogP contribution in [0.25, 0.3) is 11.0 Å². The molecule has 0 radical (unpaired) electrons. The Kier molecular flexibility index (Phi) is 2.86. The lowest BCUT2D eigenvalue weighted by Crippen LogP contribution is -2.45. The second kappa shape index (κ2) is 4.45. The second-order valence-corrected chi connectivity index (χ2v) is 5.56. The molecule has 20 heavy (non-hydrogen) atoms. The lowest BCUT2D eigenvalue weighted by Gasteiger charge is -2.29. The summed E-state index contributed by atoms with van der Waals surface area (Å²) in [4.78, 5) is 17.8. The summed E-state index contributed by atoms with van der Waals surface area (Å²) < 4.78 is 0. The standard InChI is InChI=1S/C13H17N5O2/c1-13(7-14,8-2-3-8)17-12-15-10-5-4-9(18(19)20)6-11(10)16-12/h4-6,8H,2-3,7,14H2,1H3,(H2,15,16,17). The van der Waals surface area contributed by atoms with Crippen molar-refractivity contribution in [1.82, 2.24) is 9.97 Å². The highest BCUT2D eigenvalue weighted by atomic mass is 16.6. The van der Waals surface area contributed by atoms with Gasteiger partial charge in [0.25, 0.3) is 5.69 Å². The number of aromatic amines is 1. The first-order valence-corrected chi connectivity index (χ1v) is 6.64. The van der Waals surface area contributed by atoms with Crippen LogP contribution in [-0.2, 0) is 0 Å². The van der Waals surface area contributed by atoms with Crippen LogP contribution in [0.3, 0.4) is 0 Å². The summed E-state index contributed by atoms with van der Waals surface area (Å²) in [5, 5.41) is 14.1. The molecule has 1 unspecified atom stereocenters. The van der Waals surface area contributed by atoms with Gasteiger partial charge in [-0.05, 0) is 31.7 Å². The molecular weight excluding hydrogens is 258 g/mol. The molecule has 7 heteroatoms. The number of nitro groups is 1. The highest BCUT2D eigenvalue weighted by Gasteiger charge is 2.41. The quantitative estimate of drug-likeness (QED) is 0.571. The van der Waals surface area contributed by atoms with Crippen LogP contribution in [0.4, 0.5) is 11.6 Å². The van der Waals surface area contributed by atoms with Crippen molar-refractivity contribution in [3.8, 4) is 0 Å². The number of nitrogens with one attached hydrogen (secondary N) is 2. The SMILES string of the molecule is CC(CN)(Nc1nc2ccc([N+](=O)[O-])cc2[nH]1)C1CC1. The molecule has 106 valence electrons. The van der Waals surface area contributed by atoms with Gasteiger partial charge in [0.1, 0.15) is 0 Å². The van der Waals surface area contributed by atoms with Crippen LogP contribution < -0.4 is 11.1 Å². The van der Waals surface area contributed by atoms with Crippen molar-refractivity contribution >= 4 is 22.7 Å². The van der Waals surface area contributed by atoms with Crippen molar-refractivity contribution in [2.24, 2.45) is 11.7 Å². The maximum Gasteiger partial charge on any atom is 0.271 e. The summed E-state index contributed by atoms with van der Waals surface area (Å²) in [7, 11) is 0. The number of imidazole rings is 1. The third-order valence-corrected chi connectivity index (χ3v) is 3.98. The number of benzene rings is 1. The van der Waals surface area contributed by atoms with E-state index in [2.05, 4.69) is 22.2 Å². The number of aromatic nitrogens is 2. The number of anilines is 1. The molecule has 0 amide bonds. The van der Waals surface area contributed by atoms with E-state index in [1.807, 2.05) is 0 Å². The van der Waals surface area contributed by atoms with Crippen LogP contribution in [0, 0.1) is 16.0 Å². The molecule has 1 heterocycles. The first-order valence-electron chi connectivity index (χ1n) is 6.64. The van der Waals surface area contributed by atoms with Crippen molar-refractivity contribution in [2.75, 3.05) is 11.9 Å². The first-order chi connectivity index (χ1) is 9.51. The van der Waals surface area contributed by atoms with Crippen molar-refractivity contribution in [3.63, 3.8) is 0 Å². The van der Waals surface area contributed by atoms with Gasteiger partial charge in [0.15, 0.2) is 0 Å². The van der Waals surface area contributed by atoms with E-state index in [1.165, 1.54) is 25.0 Å². The Morgan fingerprint density at radius 3 is 2.95 bits per heavy atom. The highest BCUT2D eigenvalue weighted by molar-refractivity contribution is 5.80. The van der Waals surface area contributed by atoms with Crippen LogP contribution >= 0.6 is 0 Å². The third-order valence-electron chi connectivity index (χ3n) is 3.98. The van der Waals surface area contributed by atoms with E-state index in [0.29, 0.717) is 29.4 Å². The van der Waals surface area contributed by atoms with Crippen LogP contribution in [0.1, 0.15) is 19.8 Å². The van der Waals surface area contributed by atoms with Crippen LogP contribution in [0.5, 0.6) is 0 Å². The zero-order valence-corrected chi connectivity index (χ0v) is 11.2. The summed E-state index contributed by atoms with van der Waals surface area (Å²) in [5.41, 5.74) is 7.08. The van der Waals surface area contributed by atoms with E-state index in [-0.39, 0.29) is 11.2 Å². The summed E-state index contributed by atoms with van der Waals surface area (Å²) in [6, 6.07) is 4.59. The molecule has 2 aromatic rings. The maximum atomic E-state index is 10.8. The van der Waals surface area contributed by atoms with Gasteiger partial charge in [-0.15, -0.1) is 0 Å². The molecule has 1 aromatic carbocycles. The van der Waals surface area contributed by atoms with Gasteiger partial charge in [-0.2, -0.15) is 0 Å². The van der Waals surface area contributed by atoms with Gasteiger partial charge in [0.05, 0.1) is 21.5 Å². The summed E-state index contributed by atoms with van der Waals surface area (Å²) in [6.45, 7) is 2.61. The minimum absolute atomic E-state index is 0.0523. The molecule has 0 saturated heterocycles. The molecule has 1 aromatic heterocycles. The van der Waals surface area contributed by atoms with Gasteiger partial charge in [-0.25, -0.2) is 4.98 Å².